The molecule has 1 heterocycles. The minimum Gasteiger partial charge on any atom is -0.496 e. The number of methoxy groups -OCH3 is 1. The van der Waals surface area contributed by atoms with Crippen molar-refractivity contribution in [2.75, 3.05) is 20.2 Å². The second-order valence-corrected chi connectivity index (χ2v) is 4.78. The Morgan fingerprint density at radius 2 is 2.39 bits per heavy atom. The molecular formula is C14H19N3O. The molecule has 1 aliphatic rings. The van der Waals surface area contributed by atoms with E-state index in [1.807, 2.05) is 12.1 Å². The van der Waals surface area contributed by atoms with E-state index in [2.05, 4.69) is 11.0 Å². The zero-order valence-electron chi connectivity index (χ0n) is 10.7. The van der Waals surface area contributed by atoms with Crippen LogP contribution in [0.15, 0.2) is 18.2 Å². The van der Waals surface area contributed by atoms with Gasteiger partial charge in [-0.3, -0.25) is 4.90 Å². The lowest BCUT2D eigenvalue weighted by Crippen LogP contribution is -2.42. The van der Waals surface area contributed by atoms with Crippen LogP contribution in [0.3, 0.4) is 0 Å². The Kier molecular flexibility index (Phi) is 4.19. The van der Waals surface area contributed by atoms with Crippen molar-refractivity contribution < 1.29 is 4.74 Å². The van der Waals surface area contributed by atoms with Crippen LogP contribution >= 0.6 is 0 Å². The van der Waals surface area contributed by atoms with Crippen LogP contribution < -0.4 is 10.5 Å². The zero-order valence-corrected chi connectivity index (χ0v) is 10.7. The Balaban J connectivity index is 2.14. The van der Waals surface area contributed by atoms with Gasteiger partial charge in [-0.1, -0.05) is 0 Å². The second-order valence-electron chi connectivity index (χ2n) is 4.78. The van der Waals surface area contributed by atoms with Gasteiger partial charge < -0.3 is 10.5 Å². The number of hydrogen-bond donors (Lipinski definition) is 1. The predicted octanol–water partition coefficient (Wildman–Crippen LogP) is 1.49. The van der Waals surface area contributed by atoms with Crippen molar-refractivity contribution in [3.63, 3.8) is 0 Å². The number of likely N-dealkylation sites (tertiary alicyclic amines) is 1. The Hall–Kier alpha value is -1.57. The molecule has 0 radical (unpaired) electrons. The quantitative estimate of drug-likeness (QED) is 0.876. The first kappa shape index (κ1) is 12.9. The fraction of sp³-hybridized carbons (Fsp3) is 0.500. The summed E-state index contributed by atoms with van der Waals surface area (Å²) >= 11 is 0. The van der Waals surface area contributed by atoms with E-state index in [4.69, 9.17) is 15.7 Å². The van der Waals surface area contributed by atoms with Gasteiger partial charge in [-0.15, -0.1) is 0 Å². The van der Waals surface area contributed by atoms with Gasteiger partial charge in [0.15, 0.2) is 0 Å². The van der Waals surface area contributed by atoms with Gasteiger partial charge in [0.25, 0.3) is 0 Å². The minimum absolute atomic E-state index is 0.267. The molecule has 0 amide bonds. The zero-order chi connectivity index (χ0) is 13.0. The normalized spacial score (nSPS) is 20.4. The van der Waals surface area contributed by atoms with Crippen molar-refractivity contribution in [1.29, 1.82) is 5.26 Å². The average Bonchev–Trinajstić information content (AvgIpc) is 2.38. The van der Waals surface area contributed by atoms with E-state index in [9.17, 15) is 0 Å². The van der Waals surface area contributed by atoms with Crippen LogP contribution in [0.1, 0.15) is 24.0 Å². The van der Waals surface area contributed by atoms with Crippen molar-refractivity contribution in [3.05, 3.63) is 29.3 Å². The average molecular weight is 245 g/mol. The Morgan fingerprint density at radius 3 is 3.06 bits per heavy atom. The highest BCUT2D eigenvalue weighted by Crippen LogP contribution is 2.22. The van der Waals surface area contributed by atoms with Crippen LogP contribution in [0.25, 0.3) is 0 Å². The highest BCUT2D eigenvalue weighted by atomic mass is 16.5. The van der Waals surface area contributed by atoms with Crippen LogP contribution in [0.4, 0.5) is 0 Å². The van der Waals surface area contributed by atoms with Crippen molar-refractivity contribution in [3.8, 4) is 11.8 Å². The van der Waals surface area contributed by atoms with Crippen molar-refractivity contribution in [2.24, 2.45) is 5.73 Å². The summed E-state index contributed by atoms with van der Waals surface area (Å²) in [4.78, 5) is 2.33. The molecule has 0 bridgehead atoms. The Bertz CT molecular complexity index is 453. The van der Waals surface area contributed by atoms with Gasteiger partial charge in [0.1, 0.15) is 5.75 Å². The summed E-state index contributed by atoms with van der Waals surface area (Å²) in [6.07, 6.45) is 2.24. The maximum Gasteiger partial charge on any atom is 0.123 e. The third kappa shape index (κ3) is 3.00. The molecule has 2 N–H and O–H groups in total. The fourth-order valence-electron chi connectivity index (χ4n) is 2.45. The summed E-state index contributed by atoms with van der Waals surface area (Å²) in [5.74, 6) is 0.841. The number of piperidine rings is 1. The highest BCUT2D eigenvalue weighted by Gasteiger charge is 2.18. The van der Waals surface area contributed by atoms with Gasteiger partial charge in [0, 0.05) is 24.7 Å². The van der Waals surface area contributed by atoms with E-state index in [0.29, 0.717) is 5.56 Å². The van der Waals surface area contributed by atoms with Gasteiger partial charge in [-0.05, 0) is 37.6 Å². The SMILES string of the molecule is COc1ccc(C#N)cc1CN1CCCC(N)C1. The van der Waals surface area contributed by atoms with Crippen LogP contribution in [0.2, 0.25) is 0 Å². The molecular weight excluding hydrogens is 226 g/mol. The van der Waals surface area contributed by atoms with Gasteiger partial charge >= 0.3 is 0 Å². The summed E-state index contributed by atoms with van der Waals surface area (Å²) in [5.41, 5.74) is 7.71. The Morgan fingerprint density at radius 1 is 1.56 bits per heavy atom. The molecule has 2 rings (SSSR count). The van der Waals surface area contributed by atoms with E-state index in [0.717, 1.165) is 43.8 Å². The predicted molar refractivity (Wildman–Crippen MR) is 70.2 cm³/mol. The van der Waals surface area contributed by atoms with Crippen LogP contribution in [-0.2, 0) is 6.54 Å². The molecule has 1 atom stereocenters. The number of benzene rings is 1. The summed E-state index contributed by atoms with van der Waals surface area (Å²) in [7, 11) is 1.66. The lowest BCUT2D eigenvalue weighted by molar-refractivity contribution is 0.199. The van der Waals surface area contributed by atoms with E-state index < -0.39 is 0 Å². The smallest absolute Gasteiger partial charge is 0.123 e. The molecule has 18 heavy (non-hydrogen) atoms. The number of ether oxygens (including phenoxy) is 1. The second kappa shape index (κ2) is 5.85. The summed E-state index contributed by atoms with van der Waals surface area (Å²) in [5, 5.41) is 8.95. The third-order valence-electron chi connectivity index (χ3n) is 3.35. The first-order valence-electron chi connectivity index (χ1n) is 6.28. The number of nitriles is 1. The van der Waals surface area contributed by atoms with Crippen molar-refractivity contribution in [2.45, 2.75) is 25.4 Å². The lowest BCUT2D eigenvalue weighted by atomic mass is 10.0. The van der Waals surface area contributed by atoms with E-state index >= 15 is 0 Å². The molecule has 1 unspecified atom stereocenters. The number of nitrogens with zero attached hydrogens (tertiary/aromatic N) is 2. The van der Waals surface area contributed by atoms with Crippen LogP contribution in [0, 0.1) is 11.3 Å². The van der Waals surface area contributed by atoms with Crippen LogP contribution in [-0.4, -0.2) is 31.1 Å². The molecule has 96 valence electrons. The molecule has 0 spiro atoms. The standard InChI is InChI=1S/C14H19N3O/c1-18-14-5-4-11(8-15)7-12(14)9-17-6-2-3-13(16)10-17/h4-5,7,13H,2-3,6,9-10,16H2,1H3. The number of rotatable bonds is 3. The third-order valence-corrected chi connectivity index (χ3v) is 3.35. The first-order valence-corrected chi connectivity index (χ1v) is 6.28. The Labute approximate surface area is 108 Å². The maximum absolute atomic E-state index is 8.95. The summed E-state index contributed by atoms with van der Waals surface area (Å²) in [6.45, 7) is 2.78. The molecule has 0 saturated carbocycles. The highest BCUT2D eigenvalue weighted by molar-refractivity contribution is 5.42. The largest absolute Gasteiger partial charge is 0.496 e. The molecule has 0 aromatic heterocycles. The maximum atomic E-state index is 8.95. The molecule has 4 nitrogen and oxygen atoms in total. The van der Waals surface area contributed by atoms with Crippen molar-refractivity contribution in [1.82, 2.24) is 4.90 Å². The summed E-state index contributed by atoms with van der Waals surface area (Å²) in [6, 6.07) is 7.98. The molecule has 4 heteroatoms. The van der Waals surface area contributed by atoms with E-state index in [1.165, 1.54) is 0 Å². The van der Waals surface area contributed by atoms with Gasteiger partial charge in [0.2, 0.25) is 0 Å². The van der Waals surface area contributed by atoms with Gasteiger partial charge in [-0.25, -0.2) is 0 Å². The monoisotopic (exact) mass is 245 g/mol. The molecule has 1 aromatic carbocycles. The fourth-order valence-corrected chi connectivity index (χ4v) is 2.45. The molecule has 1 fully saturated rings. The number of hydrogen-bond acceptors (Lipinski definition) is 4. The number of nitrogens with two attached hydrogens (primary N) is 1. The minimum atomic E-state index is 0.267. The molecule has 1 aliphatic heterocycles. The molecule has 1 saturated heterocycles. The summed E-state index contributed by atoms with van der Waals surface area (Å²) < 4.78 is 5.35. The molecule has 1 aromatic rings. The van der Waals surface area contributed by atoms with Gasteiger partial charge in [-0.2, -0.15) is 5.26 Å². The topological polar surface area (TPSA) is 62.3 Å². The first-order chi connectivity index (χ1) is 8.72. The van der Waals surface area contributed by atoms with E-state index in [1.54, 1.807) is 13.2 Å². The van der Waals surface area contributed by atoms with Gasteiger partial charge in [0.05, 0.1) is 18.7 Å². The lowest BCUT2D eigenvalue weighted by Gasteiger charge is -2.31. The molecule has 0 aliphatic carbocycles. The van der Waals surface area contributed by atoms with Crippen molar-refractivity contribution >= 4 is 0 Å². The van der Waals surface area contributed by atoms with Crippen LogP contribution in [0.5, 0.6) is 5.75 Å². The van der Waals surface area contributed by atoms with E-state index in [-0.39, 0.29) is 6.04 Å².